The van der Waals surface area contributed by atoms with Gasteiger partial charge in [-0.3, -0.25) is 14.5 Å². The van der Waals surface area contributed by atoms with Crippen LogP contribution in [0.1, 0.15) is 18.0 Å². The van der Waals surface area contributed by atoms with Gasteiger partial charge in [0, 0.05) is 6.54 Å². The molecule has 2 N–H and O–H groups in total. The van der Waals surface area contributed by atoms with Gasteiger partial charge < -0.3 is 14.9 Å². The maximum absolute atomic E-state index is 11.4. The van der Waals surface area contributed by atoms with Crippen LogP contribution in [0.2, 0.25) is 0 Å². The van der Waals surface area contributed by atoms with Crippen molar-refractivity contribution in [1.82, 2.24) is 4.90 Å². The van der Waals surface area contributed by atoms with E-state index in [1.165, 1.54) is 12.0 Å². The molecule has 0 aromatic heterocycles. The van der Waals surface area contributed by atoms with Crippen LogP contribution >= 0.6 is 0 Å². The highest BCUT2D eigenvalue weighted by molar-refractivity contribution is 5.76. The van der Waals surface area contributed by atoms with E-state index in [9.17, 15) is 14.7 Å². The number of benzene rings is 1. The summed E-state index contributed by atoms with van der Waals surface area (Å²) in [6.45, 7) is 0.156. The van der Waals surface area contributed by atoms with Gasteiger partial charge in [0.15, 0.2) is 0 Å². The standard InChI is InChI=1S/C13H17NO5/c1-14(7-6-11(15)16)12(13(17)18)9-4-3-5-10(8-9)19-2/h3-5,8,12H,6-7H2,1-2H3,(H,15,16)(H,17,18). The third-order valence-corrected chi connectivity index (χ3v) is 2.76. The first-order valence-corrected chi connectivity index (χ1v) is 5.74. The summed E-state index contributed by atoms with van der Waals surface area (Å²) in [5.74, 6) is -1.42. The summed E-state index contributed by atoms with van der Waals surface area (Å²) in [5, 5.41) is 17.9. The number of hydrogen-bond acceptors (Lipinski definition) is 4. The Morgan fingerprint density at radius 3 is 2.58 bits per heavy atom. The SMILES string of the molecule is COc1cccc(C(C(=O)O)N(C)CCC(=O)O)c1. The number of carboxylic acid groups (broad SMARTS) is 2. The van der Waals surface area contributed by atoms with Crippen LogP contribution in [0.15, 0.2) is 24.3 Å². The quantitative estimate of drug-likeness (QED) is 0.772. The van der Waals surface area contributed by atoms with Gasteiger partial charge in [0.25, 0.3) is 0 Å². The molecule has 0 amide bonds. The van der Waals surface area contributed by atoms with Crippen molar-refractivity contribution in [2.75, 3.05) is 20.7 Å². The molecule has 0 bridgehead atoms. The number of aliphatic carboxylic acids is 2. The highest BCUT2D eigenvalue weighted by Crippen LogP contribution is 2.23. The smallest absolute Gasteiger partial charge is 0.325 e. The Bertz CT molecular complexity index is 460. The Labute approximate surface area is 111 Å². The molecular weight excluding hydrogens is 250 g/mol. The maximum atomic E-state index is 11.4. The van der Waals surface area contributed by atoms with Crippen molar-refractivity contribution in [3.05, 3.63) is 29.8 Å². The fraction of sp³-hybridized carbons (Fsp3) is 0.385. The Morgan fingerprint density at radius 2 is 2.05 bits per heavy atom. The van der Waals surface area contributed by atoms with Gasteiger partial charge >= 0.3 is 11.9 Å². The number of ether oxygens (including phenoxy) is 1. The van der Waals surface area contributed by atoms with E-state index < -0.39 is 18.0 Å². The molecule has 0 radical (unpaired) electrons. The van der Waals surface area contributed by atoms with E-state index >= 15 is 0 Å². The van der Waals surface area contributed by atoms with Crippen LogP contribution in [0.4, 0.5) is 0 Å². The van der Waals surface area contributed by atoms with Crippen molar-refractivity contribution in [2.45, 2.75) is 12.5 Å². The van der Waals surface area contributed by atoms with Crippen molar-refractivity contribution in [1.29, 1.82) is 0 Å². The number of hydrogen-bond donors (Lipinski definition) is 2. The number of methoxy groups -OCH3 is 1. The lowest BCUT2D eigenvalue weighted by Crippen LogP contribution is -2.32. The Balaban J connectivity index is 2.92. The topological polar surface area (TPSA) is 87.1 Å². The lowest BCUT2D eigenvalue weighted by molar-refractivity contribution is -0.144. The van der Waals surface area contributed by atoms with Crippen molar-refractivity contribution >= 4 is 11.9 Å². The minimum atomic E-state index is -1.03. The molecule has 1 aromatic carbocycles. The second kappa shape index (κ2) is 6.75. The van der Waals surface area contributed by atoms with E-state index in [-0.39, 0.29) is 13.0 Å². The first kappa shape index (κ1) is 15.0. The molecular formula is C13H17NO5. The molecule has 0 aliphatic rings. The van der Waals surface area contributed by atoms with Gasteiger partial charge in [-0.1, -0.05) is 12.1 Å². The Kier molecular flexibility index (Phi) is 5.32. The summed E-state index contributed by atoms with van der Waals surface area (Å²) >= 11 is 0. The van der Waals surface area contributed by atoms with Gasteiger partial charge in [0.1, 0.15) is 11.8 Å². The van der Waals surface area contributed by atoms with E-state index in [0.29, 0.717) is 11.3 Å². The van der Waals surface area contributed by atoms with Gasteiger partial charge in [-0.2, -0.15) is 0 Å². The largest absolute Gasteiger partial charge is 0.497 e. The van der Waals surface area contributed by atoms with Crippen molar-refractivity contribution in [3.8, 4) is 5.75 Å². The van der Waals surface area contributed by atoms with Crippen molar-refractivity contribution < 1.29 is 24.5 Å². The number of carbonyl (C=O) groups is 2. The van der Waals surface area contributed by atoms with Crippen LogP contribution < -0.4 is 4.74 Å². The lowest BCUT2D eigenvalue weighted by atomic mass is 10.1. The van der Waals surface area contributed by atoms with Crippen LogP contribution in [-0.2, 0) is 9.59 Å². The molecule has 104 valence electrons. The van der Waals surface area contributed by atoms with E-state index in [0.717, 1.165) is 0 Å². The van der Waals surface area contributed by atoms with Crippen LogP contribution in [-0.4, -0.2) is 47.8 Å². The molecule has 19 heavy (non-hydrogen) atoms. The molecule has 0 saturated carbocycles. The molecule has 6 heteroatoms. The third-order valence-electron chi connectivity index (χ3n) is 2.76. The maximum Gasteiger partial charge on any atom is 0.325 e. The van der Waals surface area contributed by atoms with E-state index in [2.05, 4.69) is 0 Å². The monoisotopic (exact) mass is 267 g/mol. The highest BCUT2D eigenvalue weighted by Gasteiger charge is 2.25. The van der Waals surface area contributed by atoms with Crippen LogP contribution in [0.5, 0.6) is 5.75 Å². The van der Waals surface area contributed by atoms with E-state index in [4.69, 9.17) is 9.84 Å². The summed E-state index contributed by atoms with van der Waals surface area (Å²) < 4.78 is 5.06. The number of carboxylic acids is 2. The predicted octanol–water partition coefficient (Wildman–Crippen LogP) is 1.23. The molecule has 0 fully saturated rings. The minimum Gasteiger partial charge on any atom is -0.497 e. The summed E-state index contributed by atoms with van der Waals surface area (Å²) in [6, 6.07) is 5.85. The van der Waals surface area contributed by atoms with Gasteiger partial charge in [-0.25, -0.2) is 0 Å². The first-order valence-electron chi connectivity index (χ1n) is 5.74. The number of likely N-dealkylation sites (N-methyl/N-ethyl adjacent to an activating group) is 1. The third kappa shape index (κ3) is 4.26. The molecule has 0 aliphatic heterocycles. The molecule has 0 aliphatic carbocycles. The minimum absolute atomic E-state index is 0.107. The Hall–Kier alpha value is -2.08. The summed E-state index contributed by atoms with van der Waals surface area (Å²) in [7, 11) is 3.09. The summed E-state index contributed by atoms with van der Waals surface area (Å²) in [5.41, 5.74) is 0.555. The molecule has 1 atom stereocenters. The molecule has 0 heterocycles. The highest BCUT2D eigenvalue weighted by atomic mass is 16.5. The Morgan fingerprint density at radius 1 is 1.37 bits per heavy atom. The molecule has 1 aromatic rings. The van der Waals surface area contributed by atoms with E-state index in [1.54, 1.807) is 31.3 Å². The molecule has 0 saturated heterocycles. The van der Waals surface area contributed by atoms with Crippen LogP contribution in [0, 0.1) is 0 Å². The summed E-state index contributed by atoms with van der Waals surface area (Å²) in [4.78, 5) is 23.4. The van der Waals surface area contributed by atoms with Crippen LogP contribution in [0.25, 0.3) is 0 Å². The second-order valence-electron chi connectivity index (χ2n) is 4.14. The zero-order valence-electron chi connectivity index (χ0n) is 10.9. The molecule has 1 rings (SSSR count). The lowest BCUT2D eigenvalue weighted by Gasteiger charge is -2.24. The van der Waals surface area contributed by atoms with Crippen molar-refractivity contribution in [2.24, 2.45) is 0 Å². The normalized spacial score (nSPS) is 12.2. The van der Waals surface area contributed by atoms with Gasteiger partial charge in [-0.05, 0) is 24.7 Å². The number of nitrogens with zero attached hydrogens (tertiary/aromatic N) is 1. The predicted molar refractivity (Wildman–Crippen MR) is 68.3 cm³/mol. The zero-order valence-corrected chi connectivity index (χ0v) is 10.9. The average molecular weight is 267 g/mol. The zero-order chi connectivity index (χ0) is 14.4. The molecule has 1 unspecified atom stereocenters. The molecule has 0 spiro atoms. The van der Waals surface area contributed by atoms with E-state index in [1.807, 2.05) is 0 Å². The van der Waals surface area contributed by atoms with Gasteiger partial charge in [-0.15, -0.1) is 0 Å². The van der Waals surface area contributed by atoms with Gasteiger partial charge in [0.05, 0.1) is 13.5 Å². The molecule has 6 nitrogen and oxygen atoms in total. The first-order chi connectivity index (χ1) is 8.95. The average Bonchev–Trinajstić information content (AvgIpc) is 2.36. The van der Waals surface area contributed by atoms with Crippen molar-refractivity contribution in [3.63, 3.8) is 0 Å². The summed E-state index contributed by atoms with van der Waals surface area (Å²) in [6.07, 6.45) is -0.107. The second-order valence-corrected chi connectivity index (χ2v) is 4.14. The fourth-order valence-corrected chi connectivity index (χ4v) is 1.80. The fourth-order valence-electron chi connectivity index (χ4n) is 1.80. The number of rotatable bonds is 7. The van der Waals surface area contributed by atoms with Gasteiger partial charge in [0.2, 0.25) is 0 Å². The van der Waals surface area contributed by atoms with Crippen LogP contribution in [0.3, 0.4) is 0 Å².